The van der Waals surface area contributed by atoms with Gasteiger partial charge in [0.1, 0.15) is 0 Å². The Hall–Kier alpha value is -0.770. The first-order chi connectivity index (χ1) is 6.72. The van der Waals surface area contributed by atoms with E-state index in [1.165, 1.54) is 7.11 Å². The molecule has 1 heterocycles. The molecule has 1 amide bonds. The summed E-state index contributed by atoms with van der Waals surface area (Å²) in [5, 5.41) is 0. The first-order valence-electron chi connectivity index (χ1n) is 5.06. The third kappa shape index (κ3) is 2.38. The van der Waals surface area contributed by atoms with Gasteiger partial charge in [0.25, 0.3) is 0 Å². The fraction of sp³-hybridized carbons (Fsp3) is 0.900. The Kier molecular flexibility index (Phi) is 4.20. The van der Waals surface area contributed by atoms with E-state index < -0.39 is 0 Å². The number of carbonyl (C=O) groups excluding carboxylic acids is 1. The quantitative estimate of drug-likeness (QED) is 0.694. The second-order valence-corrected chi connectivity index (χ2v) is 3.74. The molecule has 1 aliphatic rings. The number of carbonyl (C=O) groups is 1. The highest BCUT2D eigenvalue weighted by Gasteiger charge is 2.34. The van der Waals surface area contributed by atoms with Gasteiger partial charge in [0.2, 0.25) is 0 Å². The van der Waals surface area contributed by atoms with Gasteiger partial charge in [0.15, 0.2) is 0 Å². The maximum Gasteiger partial charge on any atom is 0.409 e. The van der Waals surface area contributed by atoms with Crippen LogP contribution in [0.2, 0.25) is 0 Å². The molecule has 14 heavy (non-hydrogen) atoms. The third-order valence-electron chi connectivity index (χ3n) is 2.85. The lowest BCUT2D eigenvalue weighted by molar-refractivity contribution is 0.0871. The molecule has 0 N–H and O–H groups in total. The number of hydrogen-bond donors (Lipinski definition) is 0. The topological polar surface area (TPSA) is 38.8 Å². The van der Waals surface area contributed by atoms with Crippen LogP contribution >= 0.6 is 0 Å². The molecule has 0 radical (unpaired) electrons. The van der Waals surface area contributed by atoms with Gasteiger partial charge in [0.05, 0.1) is 19.8 Å². The molecule has 0 bridgehead atoms. The number of nitrogens with zero attached hydrogens (tertiary/aromatic N) is 1. The Morgan fingerprint density at radius 1 is 1.50 bits per heavy atom. The van der Waals surface area contributed by atoms with Crippen molar-refractivity contribution in [1.82, 2.24) is 4.90 Å². The van der Waals surface area contributed by atoms with Crippen LogP contribution < -0.4 is 0 Å². The Labute approximate surface area is 85.2 Å². The fourth-order valence-corrected chi connectivity index (χ4v) is 2.00. The van der Waals surface area contributed by atoms with Gasteiger partial charge in [-0.25, -0.2) is 4.79 Å². The van der Waals surface area contributed by atoms with Crippen molar-refractivity contribution in [3.05, 3.63) is 0 Å². The van der Waals surface area contributed by atoms with Crippen molar-refractivity contribution in [3.63, 3.8) is 0 Å². The second kappa shape index (κ2) is 5.20. The Bertz CT molecular complexity index is 196. The van der Waals surface area contributed by atoms with Gasteiger partial charge in [-0.05, 0) is 12.3 Å². The Balaban J connectivity index is 2.57. The number of hydrogen-bond acceptors (Lipinski definition) is 3. The standard InChI is InChI=1S/C10H19NO3/c1-4-8-5-9(7-13-2)11(6-8)10(12)14-3/h8-9H,4-7H2,1-3H3/t8-,9-/m0/s1. The zero-order valence-corrected chi connectivity index (χ0v) is 9.16. The van der Waals surface area contributed by atoms with Gasteiger partial charge in [-0.15, -0.1) is 0 Å². The van der Waals surface area contributed by atoms with Crippen LogP contribution in [0.5, 0.6) is 0 Å². The molecule has 0 aromatic carbocycles. The first kappa shape index (κ1) is 11.3. The van der Waals surface area contributed by atoms with Crippen molar-refractivity contribution < 1.29 is 14.3 Å². The van der Waals surface area contributed by atoms with Gasteiger partial charge in [-0.3, -0.25) is 0 Å². The van der Waals surface area contributed by atoms with E-state index in [4.69, 9.17) is 9.47 Å². The average molecular weight is 201 g/mol. The molecule has 4 heteroatoms. The van der Waals surface area contributed by atoms with E-state index in [0.29, 0.717) is 12.5 Å². The number of likely N-dealkylation sites (tertiary alicyclic amines) is 1. The van der Waals surface area contributed by atoms with E-state index in [2.05, 4.69) is 6.92 Å². The number of rotatable bonds is 3. The zero-order valence-electron chi connectivity index (χ0n) is 9.16. The molecule has 0 aromatic rings. The van der Waals surface area contributed by atoms with Crippen LogP contribution in [0.4, 0.5) is 4.79 Å². The molecule has 2 atom stereocenters. The summed E-state index contributed by atoms with van der Waals surface area (Å²) in [7, 11) is 3.08. The average Bonchev–Trinajstić information content (AvgIpc) is 2.61. The van der Waals surface area contributed by atoms with E-state index in [0.717, 1.165) is 19.4 Å². The molecule has 4 nitrogen and oxygen atoms in total. The van der Waals surface area contributed by atoms with Crippen LogP contribution in [0.15, 0.2) is 0 Å². The van der Waals surface area contributed by atoms with Crippen LogP contribution in [0.1, 0.15) is 19.8 Å². The maximum absolute atomic E-state index is 11.4. The van der Waals surface area contributed by atoms with Crippen molar-refractivity contribution in [2.45, 2.75) is 25.8 Å². The summed E-state index contributed by atoms with van der Waals surface area (Å²) in [5.74, 6) is 0.592. The van der Waals surface area contributed by atoms with Crippen LogP contribution in [-0.2, 0) is 9.47 Å². The first-order valence-corrected chi connectivity index (χ1v) is 5.06. The zero-order chi connectivity index (χ0) is 10.6. The van der Waals surface area contributed by atoms with E-state index in [1.807, 2.05) is 0 Å². The number of ether oxygens (including phenoxy) is 2. The summed E-state index contributed by atoms with van der Waals surface area (Å²) in [6.07, 6.45) is 1.90. The predicted molar refractivity (Wildman–Crippen MR) is 53.2 cm³/mol. The van der Waals surface area contributed by atoms with Gasteiger partial charge in [-0.1, -0.05) is 13.3 Å². The molecule has 0 unspecified atom stereocenters. The minimum Gasteiger partial charge on any atom is -0.453 e. The second-order valence-electron chi connectivity index (χ2n) is 3.74. The molecule has 0 spiro atoms. The summed E-state index contributed by atoms with van der Waals surface area (Å²) in [4.78, 5) is 13.2. The van der Waals surface area contributed by atoms with Crippen LogP contribution in [0.3, 0.4) is 0 Å². The van der Waals surface area contributed by atoms with Gasteiger partial charge < -0.3 is 14.4 Å². The fourth-order valence-electron chi connectivity index (χ4n) is 2.00. The molecule has 0 aliphatic carbocycles. The van der Waals surface area contributed by atoms with Crippen molar-refractivity contribution in [2.24, 2.45) is 5.92 Å². The van der Waals surface area contributed by atoms with E-state index >= 15 is 0 Å². The molecule has 1 rings (SSSR count). The Morgan fingerprint density at radius 3 is 2.71 bits per heavy atom. The van der Waals surface area contributed by atoms with Gasteiger partial charge >= 0.3 is 6.09 Å². The highest BCUT2D eigenvalue weighted by Crippen LogP contribution is 2.26. The molecular formula is C10H19NO3. The molecule has 82 valence electrons. The summed E-state index contributed by atoms with van der Waals surface area (Å²) >= 11 is 0. The van der Waals surface area contributed by atoms with E-state index in [1.54, 1.807) is 12.0 Å². The Morgan fingerprint density at radius 2 is 2.21 bits per heavy atom. The minimum atomic E-state index is -0.233. The third-order valence-corrected chi connectivity index (χ3v) is 2.85. The van der Waals surface area contributed by atoms with Gasteiger partial charge in [-0.2, -0.15) is 0 Å². The predicted octanol–water partition coefficient (Wildman–Crippen LogP) is 1.50. The monoisotopic (exact) mass is 201 g/mol. The van der Waals surface area contributed by atoms with Crippen LogP contribution in [0.25, 0.3) is 0 Å². The smallest absolute Gasteiger partial charge is 0.409 e. The van der Waals surface area contributed by atoms with Crippen molar-refractivity contribution >= 4 is 6.09 Å². The molecule has 1 saturated heterocycles. The molecular weight excluding hydrogens is 182 g/mol. The summed E-state index contributed by atoms with van der Waals surface area (Å²) in [6.45, 7) is 3.55. The normalized spacial score (nSPS) is 26.6. The van der Waals surface area contributed by atoms with Crippen LogP contribution in [0, 0.1) is 5.92 Å². The number of methoxy groups -OCH3 is 2. The molecule has 1 fully saturated rings. The SMILES string of the molecule is CC[C@H]1C[C@@H](COC)N(C(=O)OC)C1. The van der Waals surface area contributed by atoms with E-state index in [9.17, 15) is 4.79 Å². The summed E-state index contributed by atoms with van der Waals surface area (Å²) in [5.41, 5.74) is 0. The highest BCUT2D eigenvalue weighted by atomic mass is 16.5. The molecule has 1 aliphatic heterocycles. The van der Waals surface area contributed by atoms with Crippen molar-refractivity contribution in [3.8, 4) is 0 Å². The van der Waals surface area contributed by atoms with Crippen LogP contribution in [-0.4, -0.2) is 44.4 Å². The van der Waals surface area contributed by atoms with E-state index in [-0.39, 0.29) is 12.1 Å². The highest BCUT2D eigenvalue weighted by molar-refractivity contribution is 5.68. The maximum atomic E-state index is 11.4. The lowest BCUT2D eigenvalue weighted by atomic mass is 10.0. The molecule has 0 aromatic heterocycles. The number of amides is 1. The van der Waals surface area contributed by atoms with Crippen molar-refractivity contribution in [2.75, 3.05) is 27.4 Å². The lowest BCUT2D eigenvalue weighted by Gasteiger charge is -2.22. The lowest BCUT2D eigenvalue weighted by Crippen LogP contribution is -2.38. The van der Waals surface area contributed by atoms with Gasteiger partial charge in [0, 0.05) is 13.7 Å². The van der Waals surface area contributed by atoms with Crippen molar-refractivity contribution in [1.29, 1.82) is 0 Å². The largest absolute Gasteiger partial charge is 0.453 e. The minimum absolute atomic E-state index is 0.192. The molecule has 0 saturated carbocycles. The summed E-state index contributed by atoms with van der Waals surface area (Å²) < 4.78 is 9.83. The summed E-state index contributed by atoms with van der Waals surface area (Å²) in [6, 6.07) is 0.192.